The predicted octanol–water partition coefficient (Wildman–Crippen LogP) is 4.23. The van der Waals surface area contributed by atoms with Gasteiger partial charge in [-0.1, -0.05) is 29.8 Å². The maximum Gasteiger partial charge on any atom is 0.319 e. The van der Waals surface area contributed by atoms with E-state index in [-0.39, 0.29) is 12.5 Å². The molecule has 0 saturated heterocycles. The van der Waals surface area contributed by atoms with Gasteiger partial charge in [0.2, 0.25) is 5.89 Å². The van der Waals surface area contributed by atoms with Crippen LogP contribution in [0.25, 0.3) is 11.5 Å². The van der Waals surface area contributed by atoms with E-state index in [2.05, 4.69) is 17.2 Å². The number of rotatable bonds is 10. The van der Waals surface area contributed by atoms with Crippen molar-refractivity contribution in [2.45, 2.75) is 33.7 Å². The molecule has 1 N–H and O–H groups in total. The van der Waals surface area contributed by atoms with Crippen molar-refractivity contribution in [1.82, 2.24) is 10.3 Å². The Labute approximate surface area is 177 Å². The average Bonchev–Trinajstić information content (AvgIpc) is 3.10. The third-order valence-electron chi connectivity index (χ3n) is 4.60. The second-order valence-electron chi connectivity index (χ2n) is 7.04. The van der Waals surface area contributed by atoms with Crippen LogP contribution in [0.4, 0.5) is 0 Å². The van der Waals surface area contributed by atoms with Gasteiger partial charge in [0.15, 0.2) is 0 Å². The summed E-state index contributed by atoms with van der Waals surface area (Å²) in [6, 6.07) is 15.9. The normalized spacial score (nSPS) is 10.8. The molecule has 0 fully saturated rings. The number of hydrogen-bond donors (Lipinski definition) is 1. The molecule has 0 radical (unpaired) electrons. The third-order valence-corrected chi connectivity index (χ3v) is 4.60. The number of nitrogens with zero attached hydrogens (tertiary/aromatic N) is 1. The summed E-state index contributed by atoms with van der Waals surface area (Å²) in [5.41, 5.74) is 4.11. The highest BCUT2D eigenvalue weighted by atomic mass is 16.5. The van der Waals surface area contributed by atoms with Crippen LogP contribution in [0.1, 0.15) is 29.5 Å². The zero-order chi connectivity index (χ0) is 21.3. The Bertz CT molecular complexity index is 964. The summed E-state index contributed by atoms with van der Waals surface area (Å²) in [7, 11) is 0. The Morgan fingerprint density at radius 3 is 2.70 bits per heavy atom. The smallest absolute Gasteiger partial charge is 0.319 e. The van der Waals surface area contributed by atoms with Crippen molar-refractivity contribution in [1.29, 1.82) is 0 Å². The van der Waals surface area contributed by atoms with E-state index in [9.17, 15) is 4.79 Å². The van der Waals surface area contributed by atoms with Crippen LogP contribution in [-0.2, 0) is 22.5 Å². The van der Waals surface area contributed by atoms with Crippen LogP contribution in [0.3, 0.4) is 0 Å². The van der Waals surface area contributed by atoms with E-state index < -0.39 is 0 Å². The fourth-order valence-electron chi connectivity index (χ4n) is 3.01. The van der Waals surface area contributed by atoms with Gasteiger partial charge in [0, 0.05) is 18.5 Å². The highest BCUT2D eigenvalue weighted by Crippen LogP contribution is 2.22. The molecule has 6 nitrogen and oxygen atoms in total. The van der Waals surface area contributed by atoms with Crippen LogP contribution in [0.15, 0.2) is 52.9 Å². The fraction of sp³-hybridized carbons (Fsp3) is 0.333. The zero-order valence-corrected chi connectivity index (χ0v) is 17.7. The number of ether oxygens (including phenoxy) is 2. The molecule has 0 amide bonds. The molecule has 3 aromatic rings. The van der Waals surface area contributed by atoms with E-state index in [4.69, 9.17) is 13.9 Å². The van der Waals surface area contributed by atoms with E-state index in [0.29, 0.717) is 32.1 Å². The van der Waals surface area contributed by atoms with Gasteiger partial charge in [-0.05, 0) is 50.6 Å². The monoisotopic (exact) mass is 408 g/mol. The number of benzene rings is 2. The number of esters is 1. The van der Waals surface area contributed by atoms with Gasteiger partial charge in [-0.15, -0.1) is 0 Å². The number of carbonyl (C=O) groups is 1. The fourth-order valence-corrected chi connectivity index (χ4v) is 3.01. The number of hydrogen-bond acceptors (Lipinski definition) is 6. The molecular weight excluding hydrogens is 380 g/mol. The minimum atomic E-state index is -0.252. The lowest BCUT2D eigenvalue weighted by molar-refractivity contribution is -0.142. The minimum Gasteiger partial charge on any atom is -0.493 e. The predicted molar refractivity (Wildman–Crippen MR) is 115 cm³/mol. The largest absolute Gasteiger partial charge is 0.493 e. The summed E-state index contributed by atoms with van der Waals surface area (Å²) >= 11 is 0. The van der Waals surface area contributed by atoms with E-state index in [1.807, 2.05) is 55.5 Å². The Morgan fingerprint density at radius 2 is 1.93 bits per heavy atom. The molecule has 0 aliphatic rings. The van der Waals surface area contributed by atoms with Gasteiger partial charge in [0.05, 0.1) is 25.5 Å². The Morgan fingerprint density at radius 1 is 1.13 bits per heavy atom. The summed E-state index contributed by atoms with van der Waals surface area (Å²) in [6.07, 6.45) is 0.659. The van der Waals surface area contributed by atoms with Gasteiger partial charge in [-0.3, -0.25) is 4.79 Å². The highest BCUT2D eigenvalue weighted by molar-refractivity contribution is 5.71. The molecule has 30 heavy (non-hydrogen) atoms. The molecule has 0 saturated carbocycles. The Hall–Kier alpha value is -3.12. The third kappa shape index (κ3) is 6.19. The van der Waals surface area contributed by atoms with Crippen LogP contribution >= 0.6 is 0 Å². The molecule has 0 spiro atoms. The van der Waals surface area contributed by atoms with Crippen LogP contribution in [0.5, 0.6) is 5.75 Å². The summed E-state index contributed by atoms with van der Waals surface area (Å²) < 4.78 is 16.6. The lowest BCUT2D eigenvalue weighted by Gasteiger charge is -2.08. The number of oxazole rings is 1. The first kappa shape index (κ1) is 21.6. The van der Waals surface area contributed by atoms with E-state index >= 15 is 0 Å². The van der Waals surface area contributed by atoms with Crippen molar-refractivity contribution in [2.75, 3.05) is 19.8 Å². The molecule has 0 aliphatic heterocycles. The lowest BCUT2D eigenvalue weighted by atomic mass is 10.1. The van der Waals surface area contributed by atoms with Gasteiger partial charge in [-0.2, -0.15) is 0 Å². The van der Waals surface area contributed by atoms with Crippen LogP contribution in [0.2, 0.25) is 0 Å². The van der Waals surface area contributed by atoms with Gasteiger partial charge in [-0.25, -0.2) is 4.98 Å². The van der Waals surface area contributed by atoms with Crippen molar-refractivity contribution >= 4 is 5.97 Å². The van der Waals surface area contributed by atoms with Gasteiger partial charge >= 0.3 is 5.97 Å². The summed E-state index contributed by atoms with van der Waals surface area (Å²) in [5, 5.41) is 3.07. The molecule has 3 rings (SSSR count). The molecule has 0 atom stereocenters. The summed E-state index contributed by atoms with van der Waals surface area (Å²) in [5.74, 6) is 1.98. The van der Waals surface area contributed by atoms with Gasteiger partial charge in [0.25, 0.3) is 0 Å². The van der Waals surface area contributed by atoms with Gasteiger partial charge in [0.1, 0.15) is 11.5 Å². The zero-order valence-electron chi connectivity index (χ0n) is 17.7. The molecule has 1 heterocycles. The van der Waals surface area contributed by atoms with E-state index in [1.54, 1.807) is 6.92 Å². The van der Waals surface area contributed by atoms with Crippen LogP contribution in [0, 0.1) is 13.8 Å². The molecule has 2 aromatic carbocycles. The van der Waals surface area contributed by atoms with Crippen molar-refractivity contribution < 1.29 is 18.7 Å². The van der Waals surface area contributed by atoms with Crippen LogP contribution < -0.4 is 10.1 Å². The minimum absolute atomic E-state index is 0.188. The molecule has 6 heteroatoms. The molecule has 0 aliphatic carbocycles. The first-order valence-corrected chi connectivity index (χ1v) is 10.2. The first-order valence-electron chi connectivity index (χ1n) is 10.2. The van der Waals surface area contributed by atoms with Crippen molar-refractivity contribution in [3.8, 4) is 17.2 Å². The number of aromatic nitrogens is 1. The second-order valence-corrected chi connectivity index (χ2v) is 7.04. The standard InChI is InChI=1S/C24H28N2O4/c1-4-28-23(27)16-25-15-19-6-5-7-21(14-19)29-13-12-22-18(3)30-24(26-22)20-10-8-17(2)9-11-20/h5-11,14,25H,4,12-13,15-16H2,1-3H3. The number of carbonyl (C=O) groups excluding carboxylic acids is 1. The maximum absolute atomic E-state index is 11.4. The molecule has 1 aromatic heterocycles. The number of aryl methyl sites for hydroxylation is 2. The molecule has 158 valence electrons. The number of nitrogens with one attached hydrogen (secondary N) is 1. The molecule has 0 unspecified atom stereocenters. The van der Waals surface area contributed by atoms with E-state index in [1.165, 1.54) is 5.56 Å². The Balaban J connectivity index is 1.50. The average molecular weight is 408 g/mol. The summed E-state index contributed by atoms with van der Waals surface area (Å²) in [6.45, 7) is 7.42. The van der Waals surface area contributed by atoms with Gasteiger partial charge < -0.3 is 19.2 Å². The molecular formula is C24H28N2O4. The second kappa shape index (κ2) is 10.6. The first-order chi connectivity index (χ1) is 14.5. The molecule has 0 bridgehead atoms. The lowest BCUT2D eigenvalue weighted by Crippen LogP contribution is -2.24. The van der Waals surface area contributed by atoms with E-state index in [0.717, 1.165) is 28.3 Å². The van der Waals surface area contributed by atoms with Crippen molar-refractivity contribution in [2.24, 2.45) is 0 Å². The summed E-state index contributed by atoms with van der Waals surface area (Å²) in [4.78, 5) is 16.0. The highest BCUT2D eigenvalue weighted by Gasteiger charge is 2.11. The topological polar surface area (TPSA) is 73.6 Å². The Kier molecular flexibility index (Phi) is 7.63. The quantitative estimate of drug-likeness (QED) is 0.506. The SMILES string of the molecule is CCOC(=O)CNCc1cccc(OCCc2nc(-c3ccc(C)cc3)oc2C)c1. The van der Waals surface area contributed by atoms with Crippen molar-refractivity contribution in [3.05, 3.63) is 71.1 Å². The van der Waals surface area contributed by atoms with Crippen LogP contribution in [-0.4, -0.2) is 30.7 Å². The maximum atomic E-state index is 11.4. The van der Waals surface area contributed by atoms with Crippen molar-refractivity contribution in [3.63, 3.8) is 0 Å².